The second-order valence-electron chi connectivity index (χ2n) is 45.8. The average Bonchev–Trinajstić information content (AvgIpc) is 1.49. The molecule has 4 N–H and O–H groups in total. The average molecular weight is 1540 g/mol. The Labute approximate surface area is 667 Å². The normalized spacial score (nSPS) is 51.8. The maximum absolute atomic E-state index is 13.2. The fourth-order valence-electron chi connectivity index (χ4n) is 33.9. The Hall–Kier alpha value is -1.70. The number of halogens is 3. The summed E-state index contributed by atoms with van der Waals surface area (Å²) in [5.74, 6) is 13.9. The summed E-state index contributed by atoms with van der Waals surface area (Å²) in [7, 11) is 0. The summed E-state index contributed by atoms with van der Waals surface area (Å²) in [6.45, 7) is 41.7. The number of ketones is 3. The zero-order chi connectivity index (χ0) is 79.5. The molecule has 110 heavy (non-hydrogen) atoms. The SMILES string of the molecule is C1CCOC1.C1CCOC1.C=C(C)[C@H]1CC[C@H]2[C@@H]3CC[C@@H]4C[C@@](C)(O)CC[C@]4(C)[C@H]3CC[C@]12C.CC(=O)[C@H]1CC[C@H]2[C@@H]3CC[C@@H]4CC(=O)CC[C@]4(C)[C@H]3CC[C@]12C.CC(=O)[C@H]1CC[C@H]2[C@@H]3CC[C@@H]4C[C@@](C)(O)CC[C@]4(C)[C@H]3CC[C@]12C.C[C@H]([C@@H](O)C(F)(F)F)[C@H]1CC[C@H]2[C@@H]3CC[C@@H]4C[C@@](C)(O)CC[C@]4(C)[C@H]3CC[C@]12C. The number of rotatable bonds is 5. The highest BCUT2D eigenvalue weighted by molar-refractivity contribution is 5.80. The lowest BCUT2D eigenvalue weighted by Crippen LogP contribution is -2.56. The van der Waals surface area contributed by atoms with Crippen molar-refractivity contribution in [3.63, 3.8) is 0 Å². The van der Waals surface area contributed by atoms with Crippen molar-refractivity contribution in [2.45, 2.75) is 390 Å². The summed E-state index contributed by atoms with van der Waals surface area (Å²) in [5, 5.41) is 41.7. The molecular weight excluding hydrogens is 1380 g/mol. The fraction of sp³-hybridized carbons (Fsp3) is 0.949. The first-order chi connectivity index (χ1) is 51.5. The molecule has 0 amide bonds. The van der Waals surface area contributed by atoms with Crippen molar-refractivity contribution < 1.29 is 57.5 Å². The van der Waals surface area contributed by atoms with Crippen LogP contribution in [-0.2, 0) is 23.9 Å². The lowest BCUT2D eigenvalue weighted by Gasteiger charge is -2.62. The van der Waals surface area contributed by atoms with Gasteiger partial charge in [-0.2, -0.15) is 13.2 Å². The summed E-state index contributed by atoms with van der Waals surface area (Å²) < 4.78 is 49.5. The van der Waals surface area contributed by atoms with E-state index in [-0.39, 0.29) is 27.6 Å². The van der Waals surface area contributed by atoms with Crippen molar-refractivity contribution in [3.05, 3.63) is 12.2 Å². The van der Waals surface area contributed by atoms with E-state index in [0.29, 0.717) is 86.4 Å². The smallest absolute Gasteiger partial charge is 0.390 e. The summed E-state index contributed by atoms with van der Waals surface area (Å²) in [4.78, 5) is 36.3. The number of aliphatic hydroxyl groups is 4. The standard InChI is InChI=1S/C24H39F3O2.C23H38O.C22H36O2.C21H32O2.2C4H8O/c1-14(20(28)24(25,26)27)17-7-8-18-16-6-5-15-13-21(2,29)11-12-22(15,3)19(16)9-10-23(17,18)4;1-15(2)18-8-9-19-17-7-6-16-14-21(3,24)12-13-22(16,4)20(17)10-11-23(18,19)5;1-14(23)17-7-8-18-16-6-5-15-13-20(2,24)11-12-21(15,3)19(16)9-10-22(17,18)4;1-13(22)17-6-7-18-16-5-4-14-12-15(23)8-10-20(14,2)19(16)9-11-21(17,18)3;2*1-2-4-5-3-1/h14-20,28-29H,5-13H2,1-4H3;16-20,24H,1,6-14H2,2-5H3;15-19,24H,5-13H2,1-4H3;14,16-19H,4-12H2,1-3H3;2*1-4H2/t14-,15+,16-,17+,18-,19-,20+,21-,22-,23+;16-,17+,18-,19+,20+,21+,22+,23-;15-,16+,17-,18+,19+,20+,21+,22-;14-,16+,17-,18+,19+,20+,21-;;/m0111../s1. The van der Waals surface area contributed by atoms with Crippen molar-refractivity contribution in [1.82, 2.24) is 0 Å². The molecule has 12 heteroatoms. The van der Waals surface area contributed by atoms with Crippen LogP contribution in [0.3, 0.4) is 0 Å². The van der Waals surface area contributed by atoms with Gasteiger partial charge >= 0.3 is 6.18 Å². The number of fused-ring (bicyclic) bond motifs is 20. The first-order valence-electron chi connectivity index (χ1n) is 46.8. The van der Waals surface area contributed by atoms with Gasteiger partial charge in [-0.3, -0.25) is 14.4 Å². The van der Waals surface area contributed by atoms with Crippen molar-refractivity contribution in [1.29, 1.82) is 0 Å². The Bertz CT molecular complexity index is 3100. The first-order valence-corrected chi connectivity index (χ1v) is 46.8. The Morgan fingerprint density at radius 1 is 0.391 bits per heavy atom. The summed E-state index contributed by atoms with van der Waals surface area (Å²) in [6, 6.07) is 0. The number of alkyl halides is 3. The van der Waals surface area contributed by atoms with Crippen molar-refractivity contribution in [2.75, 3.05) is 26.4 Å². The van der Waals surface area contributed by atoms with Gasteiger partial charge in [0.1, 0.15) is 17.3 Å². The van der Waals surface area contributed by atoms with E-state index in [1.807, 2.05) is 27.7 Å². The van der Waals surface area contributed by atoms with E-state index < -0.39 is 35.0 Å². The quantitative estimate of drug-likeness (QED) is 0.197. The number of Topliss-reactive ketones (excluding diaryl/α,β-unsaturated/α-hetero) is 3. The predicted molar refractivity (Wildman–Crippen MR) is 435 cm³/mol. The summed E-state index contributed by atoms with van der Waals surface area (Å²) in [5.41, 5.74) is 2.62. The molecule has 0 aromatic rings. The minimum absolute atomic E-state index is 0.0531. The van der Waals surface area contributed by atoms with Crippen LogP contribution >= 0.6 is 0 Å². The second-order valence-corrected chi connectivity index (χ2v) is 45.8. The molecule has 0 bridgehead atoms. The molecule has 2 saturated heterocycles. The maximum atomic E-state index is 13.2. The number of ether oxygens (including phenoxy) is 2. The topological polar surface area (TPSA) is 151 Å². The van der Waals surface area contributed by atoms with Crippen molar-refractivity contribution in [2.24, 2.45) is 168 Å². The van der Waals surface area contributed by atoms with Crippen LogP contribution in [0.4, 0.5) is 13.2 Å². The number of carbonyl (C=O) groups is 3. The summed E-state index contributed by atoms with van der Waals surface area (Å²) in [6.07, 6.45) is 40.2. The maximum Gasteiger partial charge on any atom is 0.414 e. The van der Waals surface area contributed by atoms with Crippen LogP contribution in [0.2, 0.25) is 0 Å². The van der Waals surface area contributed by atoms with Gasteiger partial charge < -0.3 is 29.9 Å². The van der Waals surface area contributed by atoms with Gasteiger partial charge in [0.25, 0.3) is 0 Å². The van der Waals surface area contributed by atoms with Gasteiger partial charge in [0.2, 0.25) is 0 Å². The van der Waals surface area contributed by atoms with E-state index >= 15 is 0 Å². The van der Waals surface area contributed by atoms with Gasteiger partial charge in [0.05, 0.1) is 16.8 Å². The van der Waals surface area contributed by atoms with E-state index in [9.17, 15) is 48.0 Å². The van der Waals surface area contributed by atoms with E-state index in [0.717, 1.165) is 207 Å². The molecule has 0 aromatic carbocycles. The molecule has 0 unspecified atom stereocenters. The van der Waals surface area contributed by atoms with Gasteiger partial charge in [-0.25, -0.2) is 0 Å². The molecule has 9 nitrogen and oxygen atoms in total. The van der Waals surface area contributed by atoms with E-state index in [1.165, 1.54) is 147 Å². The van der Waals surface area contributed by atoms with Crippen LogP contribution in [0.1, 0.15) is 361 Å². The molecular formula is C98H161F3O9. The number of allylic oxidation sites excluding steroid dienone is 1. The molecule has 628 valence electrons. The predicted octanol–water partition coefficient (Wildman–Crippen LogP) is 23.3. The molecule has 0 spiro atoms. The van der Waals surface area contributed by atoms with Gasteiger partial charge in [-0.15, -0.1) is 0 Å². The van der Waals surface area contributed by atoms with Crippen LogP contribution < -0.4 is 0 Å². The van der Waals surface area contributed by atoms with Crippen LogP contribution in [0.5, 0.6) is 0 Å². The van der Waals surface area contributed by atoms with Crippen molar-refractivity contribution in [3.8, 4) is 0 Å². The molecule has 16 aliphatic carbocycles. The number of aliphatic hydroxyl groups excluding tert-OH is 1. The van der Waals surface area contributed by atoms with Gasteiger partial charge in [0, 0.05) is 51.1 Å². The second kappa shape index (κ2) is 32.1. The van der Waals surface area contributed by atoms with Crippen LogP contribution in [0.15, 0.2) is 12.2 Å². The lowest BCUT2D eigenvalue weighted by atomic mass is 9.43. The van der Waals surface area contributed by atoms with Crippen LogP contribution in [-0.4, -0.2) is 93.3 Å². The Balaban J connectivity index is 0.000000123. The Morgan fingerprint density at radius 2 is 0.691 bits per heavy atom. The molecule has 18 rings (SSSR count). The van der Waals surface area contributed by atoms with Crippen LogP contribution in [0.25, 0.3) is 0 Å². The molecule has 2 heterocycles. The lowest BCUT2D eigenvalue weighted by molar-refractivity contribution is -0.228. The summed E-state index contributed by atoms with van der Waals surface area (Å²) >= 11 is 0. The van der Waals surface area contributed by atoms with Crippen molar-refractivity contribution >= 4 is 17.3 Å². The highest BCUT2D eigenvalue weighted by atomic mass is 19.4. The third-order valence-corrected chi connectivity index (χ3v) is 40.1. The molecule has 2 aliphatic heterocycles. The molecule has 0 aromatic heterocycles. The first kappa shape index (κ1) is 86.2. The molecule has 18 aliphatic rings. The van der Waals surface area contributed by atoms with E-state index in [4.69, 9.17) is 9.47 Å². The Morgan fingerprint density at radius 3 is 1.02 bits per heavy atom. The van der Waals surface area contributed by atoms with Gasteiger partial charge in [-0.1, -0.05) is 74.5 Å². The highest BCUT2D eigenvalue weighted by Gasteiger charge is 2.67. The largest absolute Gasteiger partial charge is 0.414 e. The zero-order valence-electron chi connectivity index (χ0n) is 72.5. The minimum Gasteiger partial charge on any atom is -0.390 e. The molecule has 0 radical (unpaired) electrons. The zero-order valence-corrected chi connectivity index (χ0v) is 72.5. The van der Waals surface area contributed by atoms with E-state index in [2.05, 4.69) is 75.8 Å². The minimum atomic E-state index is -4.53. The Kier molecular flexibility index (Phi) is 25.2. The number of carbonyl (C=O) groups excluding carboxylic acids is 3. The van der Waals surface area contributed by atoms with Gasteiger partial charge in [0.15, 0.2) is 6.10 Å². The number of hydrogen-bond donors (Lipinski definition) is 4. The highest BCUT2D eigenvalue weighted by Crippen LogP contribution is 2.74. The monoisotopic (exact) mass is 1540 g/mol. The molecule has 33 atom stereocenters. The van der Waals surface area contributed by atoms with Crippen LogP contribution in [0, 0.1) is 168 Å². The fourth-order valence-corrected chi connectivity index (χ4v) is 33.9. The van der Waals surface area contributed by atoms with E-state index in [1.54, 1.807) is 6.92 Å². The number of hydrogen-bond acceptors (Lipinski definition) is 9. The van der Waals surface area contributed by atoms with Gasteiger partial charge in [-0.05, 0) is 441 Å². The third kappa shape index (κ3) is 15.9. The molecule has 16 saturated carbocycles. The molecule has 18 fully saturated rings. The third-order valence-electron chi connectivity index (χ3n) is 40.1.